The summed E-state index contributed by atoms with van der Waals surface area (Å²) in [6.07, 6.45) is 3.47. The number of aromatic nitrogens is 2. The second-order valence-corrected chi connectivity index (χ2v) is 8.15. The van der Waals surface area contributed by atoms with Gasteiger partial charge < -0.3 is 9.84 Å². The summed E-state index contributed by atoms with van der Waals surface area (Å²) < 4.78 is 6.41. The molecule has 8 heteroatoms. The fourth-order valence-corrected chi connectivity index (χ4v) is 4.39. The number of benzene rings is 2. The van der Waals surface area contributed by atoms with Gasteiger partial charge in [0.15, 0.2) is 4.96 Å². The van der Waals surface area contributed by atoms with E-state index in [4.69, 9.17) is 16.3 Å². The highest BCUT2D eigenvalue weighted by molar-refractivity contribution is 7.19. The third kappa shape index (κ3) is 3.97. The molecule has 0 bridgehead atoms. The van der Waals surface area contributed by atoms with Crippen LogP contribution in [0.2, 0.25) is 5.02 Å². The van der Waals surface area contributed by atoms with Crippen LogP contribution in [0.3, 0.4) is 0 Å². The Morgan fingerprint density at radius 1 is 1.19 bits per heavy atom. The van der Waals surface area contributed by atoms with Crippen LogP contribution in [0.25, 0.3) is 28.4 Å². The molecule has 2 aromatic carbocycles. The van der Waals surface area contributed by atoms with Crippen molar-refractivity contribution in [1.82, 2.24) is 9.38 Å². The molecular formula is C23H17ClN2O4S. The van der Waals surface area contributed by atoms with Crippen LogP contribution in [-0.4, -0.2) is 27.6 Å². The minimum absolute atomic E-state index is 0.00523. The molecule has 4 rings (SSSR count). The summed E-state index contributed by atoms with van der Waals surface area (Å²) in [5, 5.41) is 9.65. The van der Waals surface area contributed by atoms with Gasteiger partial charge in [0.2, 0.25) is 0 Å². The summed E-state index contributed by atoms with van der Waals surface area (Å²) in [6, 6.07) is 14.6. The van der Waals surface area contributed by atoms with Crippen molar-refractivity contribution in [1.29, 1.82) is 0 Å². The lowest BCUT2D eigenvalue weighted by molar-refractivity contribution is 0.0702. The maximum atomic E-state index is 13.1. The lowest BCUT2D eigenvalue weighted by Crippen LogP contribution is -2.17. The van der Waals surface area contributed by atoms with Crippen molar-refractivity contribution in [3.63, 3.8) is 0 Å². The first-order valence-corrected chi connectivity index (χ1v) is 10.5. The number of methoxy groups -OCH3 is 1. The average Bonchev–Trinajstić information content (AvgIpc) is 3.15. The Bertz CT molecular complexity index is 1390. The molecule has 4 aromatic rings. The number of thiazole rings is 1. The lowest BCUT2D eigenvalue weighted by atomic mass is 10.1. The van der Waals surface area contributed by atoms with Crippen LogP contribution < -0.4 is 10.3 Å². The zero-order valence-electron chi connectivity index (χ0n) is 16.6. The van der Waals surface area contributed by atoms with E-state index in [2.05, 4.69) is 4.98 Å². The van der Waals surface area contributed by atoms with Crippen molar-refractivity contribution in [3.05, 3.63) is 85.6 Å². The van der Waals surface area contributed by atoms with Crippen LogP contribution in [0.1, 0.15) is 26.5 Å². The highest BCUT2D eigenvalue weighted by Gasteiger charge is 2.23. The van der Waals surface area contributed by atoms with Crippen molar-refractivity contribution in [2.75, 3.05) is 7.11 Å². The Morgan fingerprint density at radius 2 is 1.94 bits per heavy atom. The summed E-state index contributed by atoms with van der Waals surface area (Å²) in [6.45, 7) is 1.99. The van der Waals surface area contributed by atoms with E-state index >= 15 is 0 Å². The molecule has 2 aromatic heterocycles. The predicted molar refractivity (Wildman–Crippen MR) is 123 cm³/mol. The van der Waals surface area contributed by atoms with E-state index in [1.54, 1.807) is 30.3 Å². The molecule has 0 radical (unpaired) electrons. The molecule has 31 heavy (non-hydrogen) atoms. The normalized spacial score (nSPS) is 11.3. The minimum atomic E-state index is -1.14. The van der Waals surface area contributed by atoms with Crippen molar-refractivity contribution in [2.24, 2.45) is 0 Å². The van der Waals surface area contributed by atoms with Crippen molar-refractivity contribution >= 4 is 46.0 Å². The number of rotatable bonds is 5. The Balaban J connectivity index is 1.90. The molecule has 156 valence electrons. The number of hydrogen-bond acceptors (Lipinski definition) is 5. The number of carboxylic acids is 1. The summed E-state index contributed by atoms with van der Waals surface area (Å²) in [4.78, 5) is 29.7. The molecule has 0 aliphatic heterocycles. The van der Waals surface area contributed by atoms with Gasteiger partial charge in [-0.15, -0.1) is 0 Å². The monoisotopic (exact) mass is 452 g/mol. The quantitative estimate of drug-likeness (QED) is 0.446. The van der Waals surface area contributed by atoms with Gasteiger partial charge in [-0.25, -0.2) is 14.2 Å². The van der Waals surface area contributed by atoms with E-state index in [0.29, 0.717) is 11.3 Å². The molecule has 0 saturated carbocycles. The molecule has 6 nitrogen and oxygen atoms in total. The third-order valence-electron chi connectivity index (χ3n) is 4.69. The van der Waals surface area contributed by atoms with Gasteiger partial charge in [0.25, 0.3) is 5.56 Å². The molecule has 0 unspecified atom stereocenters. The van der Waals surface area contributed by atoms with Crippen molar-refractivity contribution in [3.8, 4) is 17.0 Å². The fourth-order valence-electron chi connectivity index (χ4n) is 3.22. The summed E-state index contributed by atoms with van der Waals surface area (Å²) in [7, 11) is 1.54. The first kappa shape index (κ1) is 20.8. The standard InChI is InChI=1S/C23H17ClN2O4S/c1-13-4-3-5-14(12-13)6-11-17-18(24)21(27)26-19(15-7-9-16(30-2)10-8-15)20(22(28)29)31-23(26)25-17/h3-12H,1-2H3,(H,28,29). The number of ether oxygens (including phenoxy) is 1. The summed E-state index contributed by atoms with van der Waals surface area (Å²) >= 11 is 7.28. The van der Waals surface area contributed by atoms with Gasteiger partial charge in [0.05, 0.1) is 18.5 Å². The van der Waals surface area contributed by atoms with Gasteiger partial charge in [0.1, 0.15) is 15.6 Å². The average molecular weight is 453 g/mol. The molecule has 0 aliphatic rings. The van der Waals surface area contributed by atoms with Gasteiger partial charge in [-0.3, -0.25) is 4.79 Å². The number of fused-ring (bicyclic) bond motifs is 1. The zero-order chi connectivity index (χ0) is 22.1. The molecular weight excluding hydrogens is 436 g/mol. The number of aryl methyl sites for hydroxylation is 1. The highest BCUT2D eigenvalue weighted by atomic mass is 35.5. The Morgan fingerprint density at radius 3 is 2.58 bits per heavy atom. The van der Waals surface area contributed by atoms with E-state index in [1.807, 2.05) is 37.3 Å². The largest absolute Gasteiger partial charge is 0.497 e. The smallest absolute Gasteiger partial charge is 0.348 e. The molecule has 0 aliphatic carbocycles. The van der Waals surface area contributed by atoms with E-state index in [-0.39, 0.29) is 26.2 Å². The number of hydrogen-bond donors (Lipinski definition) is 1. The first-order chi connectivity index (χ1) is 14.9. The number of nitrogens with zero attached hydrogens (tertiary/aromatic N) is 2. The second-order valence-electron chi connectivity index (χ2n) is 6.80. The Labute approximate surface area is 186 Å². The van der Waals surface area contributed by atoms with Gasteiger partial charge in [-0.1, -0.05) is 58.8 Å². The van der Waals surface area contributed by atoms with Crippen LogP contribution in [0.15, 0.2) is 53.3 Å². The number of halogens is 1. The van der Waals surface area contributed by atoms with Crippen LogP contribution in [0.5, 0.6) is 5.75 Å². The number of carbonyl (C=O) groups is 1. The van der Waals surface area contributed by atoms with E-state index < -0.39 is 11.5 Å². The predicted octanol–water partition coefficient (Wildman–Crippen LogP) is 5.26. The topological polar surface area (TPSA) is 80.9 Å². The highest BCUT2D eigenvalue weighted by Crippen LogP contribution is 2.32. The first-order valence-electron chi connectivity index (χ1n) is 9.26. The molecule has 0 saturated heterocycles. The van der Waals surface area contributed by atoms with Crippen LogP contribution in [0, 0.1) is 6.92 Å². The molecule has 0 spiro atoms. The Kier molecular flexibility index (Phi) is 5.63. The van der Waals surface area contributed by atoms with Crippen molar-refractivity contribution < 1.29 is 14.6 Å². The molecule has 0 fully saturated rings. The maximum absolute atomic E-state index is 13.1. The van der Waals surface area contributed by atoms with Gasteiger partial charge in [-0.05, 0) is 42.8 Å². The molecule has 1 N–H and O–H groups in total. The van der Waals surface area contributed by atoms with E-state index in [0.717, 1.165) is 22.5 Å². The Hall–Kier alpha value is -3.42. The van der Waals surface area contributed by atoms with Crippen LogP contribution in [-0.2, 0) is 0 Å². The third-order valence-corrected chi connectivity index (χ3v) is 6.07. The van der Waals surface area contributed by atoms with Crippen LogP contribution >= 0.6 is 22.9 Å². The van der Waals surface area contributed by atoms with Crippen molar-refractivity contribution in [2.45, 2.75) is 6.92 Å². The van der Waals surface area contributed by atoms with Gasteiger partial charge in [0, 0.05) is 5.56 Å². The van der Waals surface area contributed by atoms with E-state index in [9.17, 15) is 14.7 Å². The van der Waals surface area contributed by atoms with Gasteiger partial charge >= 0.3 is 5.97 Å². The van der Waals surface area contributed by atoms with Gasteiger partial charge in [-0.2, -0.15) is 0 Å². The lowest BCUT2D eigenvalue weighted by Gasteiger charge is -2.06. The summed E-state index contributed by atoms with van der Waals surface area (Å²) in [5.74, 6) is -0.527. The summed E-state index contributed by atoms with van der Waals surface area (Å²) in [5.41, 5.74) is 2.59. The fraction of sp³-hybridized carbons (Fsp3) is 0.0870. The van der Waals surface area contributed by atoms with E-state index in [1.165, 1.54) is 11.5 Å². The molecule has 2 heterocycles. The minimum Gasteiger partial charge on any atom is -0.497 e. The number of carboxylic acid groups (broad SMARTS) is 1. The zero-order valence-corrected chi connectivity index (χ0v) is 18.2. The maximum Gasteiger partial charge on any atom is 0.348 e. The molecule has 0 atom stereocenters. The SMILES string of the molecule is COc1ccc(-c2c(C(=O)O)sc3nc(C=Cc4cccc(C)c4)c(Cl)c(=O)n23)cc1. The molecule has 0 amide bonds. The number of aromatic carboxylic acids is 1. The second kappa shape index (κ2) is 8.37. The van der Waals surface area contributed by atoms with Crippen LogP contribution in [0.4, 0.5) is 0 Å².